The normalized spacial score (nSPS) is 19.8. The van der Waals surface area contributed by atoms with Gasteiger partial charge >= 0.3 is 6.03 Å². The number of rotatable bonds is 6. The van der Waals surface area contributed by atoms with Gasteiger partial charge in [-0.15, -0.1) is 0 Å². The minimum atomic E-state index is -1.32. The Kier molecular flexibility index (Phi) is 5.88. The molecule has 1 saturated heterocycles. The van der Waals surface area contributed by atoms with Crippen molar-refractivity contribution >= 4 is 29.4 Å². The molecule has 2 aromatic carbocycles. The summed E-state index contributed by atoms with van der Waals surface area (Å²) in [4.78, 5) is 38.9. The topological polar surface area (TPSA) is 78.5 Å². The Morgan fingerprint density at radius 2 is 1.93 bits per heavy atom. The predicted molar refractivity (Wildman–Crippen MR) is 107 cm³/mol. The highest BCUT2D eigenvalue weighted by atomic mass is 35.5. The van der Waals surface area contributed by atoms with E-state index < -0.39 is 35.7 Å². The van der Waals surface area contributed by atoms with E-state index in [1.54, 1.807) is 32.0 Å². The summed E-state index contributed by atoms with van der Waals surface area (Å²) >= 11 is 5.97. The zero-order valence-electron chi connectivity index (χ0n) is 16.0. The van der Waals surface area contributed by atoms with Gasteiger partial charge in [-0.3, -0.25) is 14.5 Å². The van der Waals surface area contributed by atoms with Crippen molar-refractivity contribution in [1.29, 1.82) is 0 Å². The van der Waals surface area contributed by atoms with E-state index in [0.29, 0.717) is 10.6 Å². The van der Waals surface area contributed by atoms with E-state index in [1.807, 2.05) is 6.07 Å². The number of imide groups is 1. The number of hydrogen-bond acceptors (Lipinski definition) is 3. The third-order valence-electron chi connectivity index (χ3n) is 5.07. The van der Waals surface area contributed by atoms with Crippen molar-refractivity contribution in [1.82, 2.24) is 15.5 Å². The molecule has 1 fully saturated rings. The van der Waals surface area contributed by atoms with E-state index in [9.17, 15) is 18.8 Å². The van der Waals surface area contributed by atoms with E-state index in [0.717, 1.165) is 10.5 Å². The lowest BCUT2D eigenvalue weighted by atomic mass is 9.87. The fourth-order valence-electron chi connectivity index (χ4n) is 3.43. The molecule has 1 heterocycles. The lowest BCUT2D eigenvalue weighted by Crippen LogP contribution is -2.45. The summed E-state index contributed by atoms with van der Waals surface area (Å²) < 4.78 is 13.3. The molecule has 0 spiro atoms. The summed E-state index contributed by atoms with van der Waals surface area (Å²) in [6, 6.07) is 11.4. The number of halogens is 2. The van der Waals surface area contributed by atoms with E-state index in [4.69, 9.17) is 11.6 Å². The SMILES string of the molecule is CC[C@@]1(c2ccc(F)cc2)NC(=O)N(CC(=O)N[C@H](C)c2cccc(Cl)c2)C1=O. The van der Waals surface area contributed by atoms with Crippen LogP contribution in [0.25, 0.3) is 0 Å². The lowest BCUT2D eigenvalue weighted by Gasteiger charge is -2.25. The zero-order chi connectivity index (χ0) is 21.2. The highest BCUT2D eigenvalue weighted by Gasteiger charge is 2.51. The number of hydrogen-bond donors (Lipinski definition) is 2. The van der Waals surface area contributed by atoms with E-state index in [2.05, 4.69) is 10.6 Å². The molecule has 0 radical (unpaired) electrons. The number of carbonyl (C=O) groups is 3. The molecule has 1 aliphatic heterocycles. The number of nitrogens with zero attached hydrogens (tertiary/aromatic N) is 1. The summed E-state index contributed by atoms with van der Waals surface area (Å²) in [6.07, 6.45) is 0.264. The van der Waals surface area contributed by atoms with Crippen LogP contribution in [-0.4, -0.2) is 29.3 Å². The number of urea groups is 1. The number of amides is 4. The Labute approximate surface area is 173 Å². The molecule has 152 valence electrons. The van der Waals surface area contributed by atoms with Gasteiger partial charge < -0.3 is 10.6 Å². The summed E-state index contributed by atoms with van der Waals surface area (Å²) in [6.45, 7) is 3.11. The van der Waals surface area contributed by atoms with Crippen LogP contribution in [0.3, 0.4) is 0 Å². The van der Waals surface area contributed by atoms with Crippen molar-refractivity contribution in [2.75, 3.05) is 6.54 Å². The average molecular weight is 418 g/mol. The minimum absolute atomic E-state index is 0.264. The molecule has 8 heteroatoms. The van der Waals surface area contributed by atoms with Crippen LogP contribution in [0.1, 0.15) is 37.4 Å². The zero-order valence-corrected chi connectivity index (χ0v) is 16.8. The van der Waals surface area contributed by atoms with E-state index >= 15 is 0 Å². The first-order chi connectivity index (χ1) is 13.8. The molecule has 0 saturated carbocycles. The van der Waals surface area contributed by atoms with Gasteiger partial charge in [0.15, 0.2) is 0 Å². The Bertz CT molecular complexity index is 950. The highest BCUT2D eigenvalue weighted by molar-refractivity contribution is 6.30. The fourth-order valence-corrected chi connectivity index (χ4v) is 3.63. The second-order valence-corrected chi connectivity index (χ2v) is 7.37. The van der Waals surface area contributed by atoms with Crippen molar-refractivity contribution < 1.29 is 18.8 Å². The number of nitrogens with one attached hydrogen (secondary N) is 2. The van der Waals surface area contributed by atoms with Gasteiger partial charge in [0.25, 0.3) is 5.91 Å². The Morgan fingerprint density at radius 1 is 1.24 bits per heavy atom. The maximum absolute atomic E-state index is 13.3. The molecule has 2 aromatic rings. The number of carbonyl (C=O) groups excluding carboxylic acids is 3. The van der Waals surface area contributed by atoms with Crippen molar-refractivity contribution in [2.24, 2.45) is 0 Å². The van der Waals surface area contributed by atoms with Gasteiger partial charge in [-0.1, -0.05) is 42.8 Å². The van der Waals surface area contributed by atoms with Crippen LogP contribution in [0.15, 0.2) is 48.5 Å². The minimum Gasteiger partial charge on any atom is -0.348 e. The first-order valence-corrected chi connectivity index (χ1v) is 9.59. The van der Waals surface area contributed by atoms with Crippen LogP contribution in [0, 0.1) is 5.82 Å². The van der Waals surface area contributed by atoms with Gasteiger partial charge in [0, 0.05) is 5.02 Å². The van der Waals surface area contributed by atoms with Gasteiger partial charge in [-0.25, -0.2) is 9.18 Å². The standard InChI is InChI=1S/C21H21ClFN3O3/c1-3-21(15-7-9-17(23)10-8-15)19(28)26(20(29)25-21)12-18(27)24-13(2)14-5-4-6-16(22)11-14/h4-11,13H,3,12H2,1-2H3,(H,24,27)(H,25,29)/t13-,21+/m1/s1. The maximum Gasteiger partial charge on any atom is 0.325 e. The molecule has 6 nitrogen and oxygen atoms in total. The van der Waals surface area contributed by atoms with Crippen molar-refractivity contribution in [3.05, 3.63) is 70.5 Å². The Morgan fingerprint density at radius 3 is 2.55 bits per heavy atom. The van der Waals surface area contributed by atoms with Crippen LogP contribution in [0.4, 0.5) is 9.18 Å². The van der Waals surface area contributed by atoms with Gasteiger partial charge in [-0.05, 0) is 48.7 Å². The molecular weight excluding hydrogens is 397 g/mol. The molecule has 0 aromatic heterocycles. The van der Waals surface area contributed by atoms with E-state index in [1.165, 1.54) is 24.3 Å². The summed E-state index contributed by atoms with van der Waals surface area (Å²) in [5.74, 6) is -1.46. The summed E-state index contributed by atoms with van der Waals surface area (Å²) in [5, 5.41) is 5.98. The molecule has 2 atom stereocenters. The van der Waals surface area contributed by atoms with Gasteiger partial charge in [0.1, 0.15) is 17.9 Å². The molecule has 1 aliphatic rings. The Balaban J connectivity index is 1.74. The number of benzene rings is 2. The van der Waals surface area contributed by atoms with Crippen LogP contribution >= 0.6 is 11.6 Å². The second-order valence-electron chi connectivity index (χ2n) is 6.93. The molecular formula is C21H21ClFN3O3. The maximum atomic E-state index is 13.3. The first kappa shape index (κ1) is 20.8. The molecule has 3 rings (SSSR count). The lowest BCUT2D eigenvalue weighted by molar-refractivity contribution is -0.135. The third-order valence-corrected chi connectivity index (χ3v) is 5.31. The smallest absolute Gasteiger partial charge is 0.325 e. The molecule has 2 N–H and O–H groups in total. The molecule has 0 unspecified atom stereocenters. The van der Waals surface area contributed by atoms with Crippen molar-refractivity contribution in [3.8, 4) is 0 Å². The average Bonchev–Trinajstić information content (AvgIpc) is 2.93. The first-order valence-electron chi connectivity index (χ1n) is 9.22. The van der Waals surface area contributed by atoms with Gasteiger partial charge in [0.2, 0.25) is 5.91 Å². The quantitative estimate of drug-likeness (QED) is 0.706. The fraction of sp³-hybridized carbons (Fsp3) is 0.286. The molecule has 29 heavy (non-hydrogen) atoms. The monoisotopic (exact) mass is 417 g/mol. The molecule has 0 aliphatic carbocycles. The predicted octanol–water partition coefficient (Wildman–Crippen LogP) is 3.51. The highest BCUT2D eigenvalue weighted by Crippen LogP contribution is 2.32. The van der Waals surface area contributed by atoms with Crippen LogP contribution in [-0.2, 0) is 15.1 Å². The summed E-state index contributed by atoms with van der Waals surface area (Å²) in [5.41, 5.74) is -0.0453. The van der Waals surface area contributed by atoms with Crippen LogP contribution < -0.4 is 10.6 Å². The summed E-state index contributed by atoms with van der Waals surface area (Å²) in [7, 11) is 0. The third kappa shape index (κ3) is 4.10. The van der Waals surface area contributed by atoms with Gasteiger partial charge in [-0.2, -0.15) is 0 Å². The van der Waals surface area contributed by atoms with Gasteiger partial charge in [0.05, 0.1) is 6.04 Å². The van der Waals surface area contributed by atoms with Crippen LogP contribution in [0.5, 0.6) is 0 Å². The van der Waals surface area contributed by atoms with Crippen molar-refractivity contribution in [2.45, 2.75) is 31.8 Å². The Hall–Kier alpha value is -2.93. The molecule has 4 amide bonds. The largest absolute Gasteiger partial charge is 0.348 e. The van der Waals surface area contributed by atoms with E-state index in [-0.39, 0.29) is 12.5 Å². The molecule has 0 bridgehead atoms. The van der Waals surface area contributed by atoms with Crippen LogP contribution in [0.2, 0.25) is 5.02 Å². The second kappa shape index (κ2) is 8.21. The van der Waals surface area contributed by atoms with Crippen molar-refractivity contribution in [3.63, 3.8) is 0 Å².